The average Bonchev–Trinajstić information content (AvgIpc) is 3.46. The van der Waals surface area contributed by atoms with Crippen LogP contribution in [0.25, 0.3) is 22.6 Å². The molecule has 6 heterocycles. The highest BCUT2D eigenvalue weighted by molar-refractivity contribution is 5.97. The Labute approximate surface area is 214 Å². The number of aromatic nitrogens is 5. The van der Waals surface area contributed by atoms with E-state index in [-0.39, 0.29) is 17.6 Å². The molecule has 4 aromatic heterocycles. The molecule has 10 nitrogen and oxygen atoms in total. The van der Waals surface area contributed by atoms with Gasteiger partial charge < -0.3 is 9.47 Å². The number of aryl methyl sites for hydroxylation is 1. The summed E-state index contributed by atoms with van der Waals surface area (Å²) in [6.07, 6.45) is 5.83. The Hall–Kier alpha value is -4.07. The minimum Gasteiger partial charge on any atom is -0.489 e. The van der Waals surface area contributed by atoms with Crippen molar-refractivity contribution in [1.82, 2.24) is 29.3 Å². The average molecular weight is 498 g/mol. The predicted molar refractivity (Wildman–Crippen MR) is 135 cm³/mol. The van der Waals surface area contributed by atoms with Gasteiger partial charge in [-0.15, -0.1) is 0 Å². The number of carbonyl (C=O) groups excluding carboxylic acids is 1. The summed E-state index contributed by atoms with van der Waals surface area (Å²) < 4.78 is 14.9. The number of hydrogen-bond donors (Lipinski definition) is 0. The first-order chi connectivity index (χ1) is 18.0. The fourth-order valence-electron chi connectivity index (χ4n) is 5.00. The number of Topliss-reactive ketones (excluding diaryl/α,β-unsaturated/α-hetero) is 1. The van der Waals surface area contributed by atoms with E-state index >= 15 is 0 Å². The molecule has 2 saturated heterocycles. The molecule has 2 fully saturated rings. The third kappa shape index (κ3) is 4.37. The second-order valence-electron chi connectivity index (χ2n) is 9.62. The molecule has 0 atom stereocenters. The molecular formula is C27H27N7O3. The summed E-state index contributed by atoms with van der Waals surface area (Å²) in [7, 11) is 0. The SMILES string of the molecule is CC(=O)c1ccc(-c2cnn3cc(OC4CCN(C5COC5)CC4)ccc23)nc1-n1nc(C#N)cc1C. The van der Waals surface area contributed by atoms with Gasteiger partial charge in [0, 0.05) is 24.3 Å². The van der Waals surface area contributed by atoms with Crippen LogP contribution in [0, 0.1) is 18.3 Å². The van der Waals surface area contributed by atoms with E-state index in [1.54, 1.807) is 27.5 Å². The molecular weight excluding hydrogens is 470 g/mol. The van der Waals surface area contributed by atoms with Gasteiger partial charge in [0.15, 0.2) is 17.3 Å². The van der Waals surface area contributed by atoms with Gasteiger partial charge in [0.25, 0.3) is 0 Å². The Morgan fingerprint density at radius 3 is 2.68 bits per heavy atom. The van der Waals surface area contributed by atoms with Crippen molar-refractivity contribution in [2.45, 2.75) is 38.8 Å². The lowest BCUT2D eigenvalue weighted by Crippen LogP contribution is -2.52. The van der Waals surface area contributed by atoms with Gasteiger partial charge in [-0.2, -0.15) is 15.5 Å². The maximum absolute atomic E-state index is 12.3. The lowest BCUT2D eigenvalue weighted by molar-refractivity contribution is -0.0778. The molecule has 0 amide bonds. The van der Waals surface area contributed by atoms with Gasteiger partial charge in [-0.05, 0) is 57.0 Å². The number of fused-ring (bicyclic) bond motifs is 1. The van der Waals surface area contributed by atoms with Gasteiger partial charge in [-0.25, -0.2) is 14.2 Å². The van der Waals surface area contributed by atoms with Crippen molar-refractivity contribution in [1.29, 1.82) is 5.26 Å². The van der Waals surface area contributed by atoms with Crippen LogP contribution in [0.5, 0.6) is 5.75 Å². The van der Waals surface area contributed by atoms with Crippen molar-refractivity contribution in [3.63, 3.8) is 0 Å². The summed E-state index contributed by atoms with van der Waals surface area (Å²) in [5.74, 6) is 1.04. The summed E-state index contributed by atoms with van der Waals surface area (Å²) in [6, 6.07) is 11.8. The summed E-state index contributed by atoms with van der Waals surface area (Å²) in [6.45, 7) is 7.08. The van der Waals surface area contributed by atoms with E-state index in [9.17, 15) is 10.1 Å². The standard InChI is InChI=1S/C27H27N7O3/c1-17-11-19(12-28)31-34(17)27-23(18(2)35)4-5-25(30-27)24-13-29-33-14-22(3-6-26(24)33)37-21-7-9-32(10-8-21)20-15-36-16-20/h3-6,11,13-14,20-21H,7-10,15-16H2,1-2H3. The molecule has 4 aromatic rings. The molecule has 6 rings (SSSR count). The van der Waals surface area contributed by atoms with E-state index in [0.29, 0.717) is 23.1 Å². The number of likely N-dealkylation sites (tertiary alicyclic amines) is 1. The summed E-state index contributed by atoms with van der Waals surface area (Å²) in [5, 5.41) is 18.1. The van der Waals surface area contributed by atoms with Crippen molar-refractivity contribution < 1.29 is 14.3 Å². The Kier molecular flexibility index (Phi) is 5.94. The van der Waals surface area contributed by atoms with Crippen LogP contribution in [0.3, 0.4) is 0 Å². The van der Waals surface area contributed by atoms with E-state index < -0.39 is 0 Å². The third-order valence-corrected chi connectivity index (χ3v) is 7.14. The lowest BCUT2D eigenvalue weighted by Gasteiger charge is -2.41. The minimum absolute atomic E-state index is 0.129. The number of nitriles is 1. The normalized spacial score (nSPS) is 17.0. The summed E-state index contributed by atoms with van der Waals surface area (Å²) in [5.41, 5.74) is 3.77. The van der Waals surface area contributed by atoms with Gasteiger partial charge in [0.2, 0.25) is 0 Å². The lowest BCUT2D eigenvalue weighted by atomic mass is 10.0. The number of rotatable bonds is 6. The van der Waals surface area contributed by atoms with Crippen molar-refractivity contribution in [3.8, 4) is 28.9 Å². The Morgan fingerprint density at radius 1 is 1.19 bits per heavy atom. The number of ether oxygens (including phenoxy) is 2. The Morgan fingerprint density at radius 2 is 2.00 bits per heavy atom. The number of nitrogens with zero attached hydrogens (tertiary/aromatic N) is 7. The number of hydrogen-bond acceptors (Lipinski definition) is 8. The first-order valence-electron chi connectivity index (χ1n) is 12.5. The highest BCUT2D eigenvalue weighted by atomic mass is 16.5. The van der Waals surface area contributed by atoms with E-state index in [1.807, 2.05) is 37.4 Å². The number of carbonyl (C=O) groups is 1. The largest absolute Gasteiger partial charge is 0.489 e. The molecule has 0 saturated carbocycles. The fraction of sp³-hybridized carbons (Fsp3) is 0.370. The van der Waals surface area contributed by atoms with Gasteiger partial charge in [-0.3, -0.25) is 9.69 Å². The topological polar surface area (TPSA) is 111 Å². The van der Waals surface area contributed by atoms with Crippen LogP contribution < -0.4 is 4.74 Å². The van der Waals surface area contributed by atoms with Gasteiger partial charge in [0.05, 0.1) is 48.4 Å². The molecule has 0 aliphatic carbocycles. The first-order valence-corrected chi connectivity index (χ1v) is 12.5. The molecule has 2 aliphatic heterocycles. The van der Waals surface area contributed by atoms with Crippen LogP contribution in [-0.4, -0.2) is 73.5 Å². The quantitative estimate of drug-likeness (QED) is 0.374. The molecule has 10 heteroatoms. The summed E-state index contributed by atoms with van der Waals surface area (Å²) >= 11 is 0. The second kappa shape index (κ2) is 9.42. The molecule has 2 aliphatic rings. The second-order valence-corrected chi connectivity index (χ2v) is 9.62. The maximum Gasteiger partial charge on any atom is 0.165 e. The van der Waals surface area contributed by atoms with Gasteiger partial charge in [0.1, 0.15) is 17.9 Å². The van der Waals surface area contributed by atoms with E-state index in [2.05, 4.69) is 15.1 Å². The Balaban J connectivity index is 1.26. The zero-order chi connectivity index (χ0) is 25.5. The molecule has 0 aromatic carbocycles. The van der Waals surface area contributed by atoms with Crippen molar-refractivity contribution in [3.05, 3.63) is 59.7 Å². The van der Waals surface area contributed by atoms with E-state index in [0.717, 1.165) is 61.7 Å². The first kappa shape index (κ1) is 23.3. The van der Waals surface area contributed by atoms with E-state index in [1.165, 1.54) is 6.92 Å². The zero-order valence-corrected chi connectivity index (χ0v) is 20.8. The predicted octanol–water partition coefficient (Wildman–Crippen LogP) is 3.21. The number of ketones is 1. The minimum atomic E-state index is -0.129. The molecule has 0 N–H and O–H groups in total. The molecule has 188 valence electrons. The van der Waals surface area contributed by atoms with Crippen molar-refractivity contribution in [2.24, 2.45) is 0 Å². The third-order valence-electron chi connectivity index (χ3n) is 7.14. The maximum atomic E-state index is 12.3. The molecule has 0 bridgehead atoms. The zero-order valence-electron chi connectivity index (χ0n) is 20.8. The number of pyridine rings is 2. The molecule has 0 unspecified atom stereocenters. The van der Waals surface area contributed by atoms with Crippen LogP contribution in [0.4, 0.5) is 0 Å². The van der Waals surface area contributed by atoms with Crippen LogP contribution in [0.15, 0.2) is 42.7 Å². The molecule has 0 radical (unpaired) electrons. The van der Waals surface area contributed by atoms with Crippen LogP contribution in [0.2, 0.25) is 0 Å². The van der Waals surface area contributed by atoms with E-state index in [4.69, 9.17) is 14.5 Å². The van der Waals surface area contributed by atoms with Crippen molar-refractivity contribution >= 4 is 11.3 Å². The summed E-state index contributed by atoms with van der Waals surface area (Å²) in [4.78, 5) is 19.6. The van der Waals surface area contributed by atoms with Gasteiger partial charge >= 0.3 is 0 Å². The molecule has 37 heavy (non-hydrogen) atoms. The highest BCUT2D eigenvalue weighted by Gasteiger charge is 2.30. The smallest absolute Gasteiger partial charge is 0.165 e. The highest BCUT2D eigenvalue weighted by Crippen LogP contribution is 2.28. The van der Waals surface area contributed by atoms with Crippen LogP contribution in [-0.2, 0) is 4.74 Å². The molecule has 0 spiro atoms. The van der Waals surface area contributed by atoms with Gasteiger partial charge in [-0.1, -0.05) is 0 Å². The van der Waals surface area contributed by atoms with Crippen molar-refractivity contribution in [2.75, 3.05) is 26.3 Å². The fourth-order valence-corrected chi connectivity index (χ4v) is 5.00. The van der Waals surface area contributed by atoms with Crippen LogP contribution >= 0.6 is 0 Å². The Bertz CT molecular complexity index is 1520. The monoisotopic (exact) mass is 497 g/mol. The van der Waals surface area contributed by atoms with Crippen LogP contribution in [0.1, 0.15) is 41.5 Å². The number of piperidine rings is 1.